The third-order valence-electron chi connectivity index (χ3n) is 11.1. The quantitative estimate of drug-likeness (QED) is 0.211. The second-order valence-corrected chi connectivity index (χ2v) is 18.9. The summed E-state index contributed by atoms with van der Waals surface area (Å²) in [6.07, 6.45) is 37.4. The van der Waals surface area contributed by atoms with E-state index in [4.69, 9.17) is 0 Å². The van der Waals surface area contributed by atoms with Gasteiger partial charge >= 0.3 is 0 Å². The van der Waals surface area contributed by atoms with E-state index in [1.165, 1.54) is 161 Å². The molecule has 0 heterocycles. The van der Waals surface area contributed by atoms with E-state index >= 15 is 0 Å². The fourth-order valence-electron chi connectivity index (χ4n) is 8.68. The fourth-order valence-corrected chi connectivity index (χ4v) is 8.68. The van der Waals surface area contributed by atoms with E-state index in [-0.39, 0.29) is 0 Å². The Morgan fingerprint density at radius 1 is 0.244 bits per heavy atom. The van der Waals surface area contributed by atoms with Crippen LogP contribution in [0.1, 0.15) is 230 Å². The van der Waals surface area contributed by atoms with Gasteiger partial charge in [0.2, 0.25) is 0 Å². The standard InChI is InChI=1S/C11H22.C10H20.C9H18.C8H16.C7H14/c1-10(2)9-11-7-5-3-4-6-8-11;1-9(2)8-10-6-4-3-5-7-10;1-8(2)7-9-5-3-4-6-9;1-7(2)6-8-4-3-5-8;1-6(2)5-7-3-4-7/h10-11H,3-9H2,1-2H3;9-10H,3-8H2,1-2H3;8-9H,3-7H2,1-2H3;7-8H,3-6H2,1-2H3;6-7H,3-5H2,1-2H3. The third-order valence-corrected chi connectivity index (χ3v) is 11.1. The predicted molar refractivity (Wildman–Crippen MR) is 207 cm³/mol. The molecule has 0 aliphatic heterocycles. The predicted octanol–water partition coefficient (Wildman–Crippen LogP) is 16.1. The second-order valence-electron chi connectivity index (χ2n) is 18.9. The Morgan fingerprint density at radius 3 is 0.600 bits per heavy atom. The molecule has 0 aromatic rings. The van der Waals surface area contributed by atoms with E-state index in [1.807, 2.05) is 0 Å². The molecule has 0 heteroatoms. The van der Waals surface area contributed by atoms with Gasteiger partial charge in [-0.05, 0) is 91.3 Å². The minimum Gasteiger partial charge on any atom is -0.0628 e. The molecule has 5 aliphatic rings. The number of hydrogen-bond donors (Lipinski definition) is 0. The average Bonchev–Trinajstić information content (AvgIpc) is 3.66. The highest BCUT2D eigenvalue weighted by molar-refractivity contribution is 4.74. The molecule has 0 nitrogen and oxygen atoms in total. The Balaban J connectivity index is 0.000000283. The molecule has 0 aromatic carbocycles. The van der Waals surface area contributed by atoms with Gasteiger partial charge in [0, 0.05) is 0 Å². The first-order valence-electron chi connectivity index (χ1n) is 21.4. The van der Waals surface area contributed by atoms with Crippen LogP contribution in [0.3, 0.4) is 0 Å². The molecule has 0 aromatic heterocycles. The normalized spacial score (nSPS) is 21.7. The molecule has 5 saturated carbocycles. The van der Waals surface area contributed by atoms with Crippen molar-refractivity contribution < 1.29 is 0 Å². The molecule has 270 valence electrons. The third kappa shape index (κ3) is 27.6. The molecule has 5 aliphatic carbocycles. The van der Waals surface area contributed by atoms with Crippen LogP contribution in [0.15, 0.2) is 0 Å². The van der Waals surface area contributed by atoms with Crippen LogP contribution >= 0.6 is 0 Å². The Bertz CT molecular complexity index is 598. The monoisotopic (exact) mass is 631 g/mol. The van der Waals surface area contributed by atoms with E-state index in [9.17, 15) is 0 Å². The molecule has 0 saturated heterocycles. The lowest BCUT2D eigenvalue weighted by Gasteiger charge is -2.26. The average molecular weight is 631 g/mol. The number of hydrogen-bond acceptors (Lipinski definition) is 0. The van der Waals surface area contributed by atoms with Gasteiger partial charge in [-0.25, -0.2) is 0 Å². The van der Waals surface area contributed by atoms with E-state index in [1.54, 1.807) is 0 Å². The first-order valence-corrected chi connectivity index (χ1v) is 21.4. The van der Waals surface area contributed by atoms with E-state index in [0.717, 1.165) is 59.2 Å². The van der Waals surface area contributed by atoms with E-state index in [0.29, 0.717) is 0 Å². The minimum atomic E-state index is 0.915. The van der Waals surface area contributed by atoms with Gasteiger partial charge in [0.15, 0.2) is 0 Å². The summed E-state index contributed by atoms with van der Waals surface area (Å²) in [5.41, 5.74) is 0. The summed E-state index contributed by atoms with van der Waals surface area (Å²) in [6.45, 7) is 23.3. The minimum absolute atomic E-state index is 0.915. The van der Waals surface area contributed by atoms with E-state index < -0.39 is 0 Å². The van der Waals surface area contributed by atoms with Crippen LogP contribution in [-0.4, -0.2) is 0 Å². The smallest absolute Gasteiger partial charge is 0.0412 e. The lowest BCUT2D eigenvalue weighted by atomic mass is 9.80. The summed E-state index contributed by atoms with van der Waals surface area (Å²) in [6, 6.07) is 0. The Kier molecular flexibility index (Phi) is 25.7. The van der Waals surface area contributed by atoms with Crippen molar-refractivity contribution in [2.75, 3.05) is 0 Å². The second kappa shape index (κ2) is 26.9. The van der Waals surface area contributed by atoms with Gasteiger partial charge in [0.25, 0.3) is 0 Å². The Hall–Kier alpha value is 0. The van der Waals surface area contributed by atoms with Crippen LogP contribution in [0, 0.1) is 59.2 Å². The van der Waals surface area contributed by atoms with Crippen LogP contribution in [0.5, 0.6) is 0 Å². The first kappa shape index (κ1) is 43.0. The van der Waals surface area contributed by atoms with Crippen LogP contribution < -0.4 is 0 Å². The maximum Gasteiger partial charge on any atom is -0.0412 e. The molecule has 0 unspecified atom stereocenters. The van der Waals surface area contributed by atoms with Crippen molar-refractivity contribution in [1.82, 2.24) is 0 Å². The van der Waals surface area contributed by atoms with Gasteiger partial charge in [0.1, 0.15) is 0 Å². The maximum atomic E-state index is 2.35. The highest BCUT2D eigenvalue weighted by atomic mass is 14.3. The zero-order valence-corrected chi connectivity index (χ0v) is 33.5. The summed E-state index contributed by atoms with van der Waals surface area (Å²) < 4.78 is 0. The largest absolute Gasteiger partial charge is 0.0628 e. The van der Waals surface area contributed by atoms with Crippen molar-refractivity contribution in [2.24, 2.45) is 59.2 Å². The molecule has 0 N–H and O–H groups in total. The van der Waals surface area contributed by atoms with Gasteiger partial charge in [-0.15, -0.1) is 0 Å². The molecular formula is C45H90. The summed E-state index contributed by atoms with van der Waals surface area (Å²) in [5.74, 6) is 10.1. The van der Waals surface area contributed by atoms with Crippen LogP contribution in [-0.2, 0) is 0 Å². The highest BCUT2D eigenvalue weighted by Crippen LogP contribution is 2.35. The van der Waals surface area contributed by atoms with Crippen LogP contribution in [0.25, 0.3) is 0 Å². The zero-order valence-electron chi connectivity index (χ0n) is 33.5. The molecule has 5 rings (SSSR count). The Morgan fingerprint density at radius 2 is 0.422 bits per heavy atom. The van der Waals surface area contributed by atoms with Gasteiger partial charge < -0.3 is 0 Å². The van der Waals surface area contributed by atoms with Crippen molar-refractivity contribution in [2.45, 2.75) is 230 Å². The van der Waals surface area contributed by atoms with Crippen LogP contribution in [0.2, 0.25) is 0 Å². The first-order chi connectivity index (χ1) is 21.4. The molecule has 0 radical (unpaired) electrons. The van der Waals surface area contributed by atoms with E-state index in [2.05, 4.69) is 69.2 Å². The zero-order chi connectivity index (χ0) is 33.5. The number of rotatable bonds is 10. The van der Waals surface area contributed by atoms with Crippen LogP contribution in [0.4, 0.5) is 0 Å². The van der Waals surface area contributed by atoms with Gasteiger partial charge in [-0.2, -0.15) is 0 Å². The molecule has 0 spiro atoms. The van der Waals surface area contributed by atoms with Crippen molar-refractivity contribution in [3.8, 4) is 0 Å². The SMILES string of the molecule is CC(C)CC1CC1.CC(C)CC1CCC1.CC(C)CC1CCCC1.CC(C)CC1CCCCC1.CC(C)CC1CCCCCC1. The lowest BCUT2D eigenvalue weighted by Crippen LogP contribution is -2.12. The highest BCUT2D eigenvalue weighted by Gasteiger charge is 2.21. The molecule has 5 fully saturated rings. The Labute approximate surface area is 288 Å². The topological polar surface area (TPSA) is 0 Å². The lowest BCUT2D eigenvalue weighted by molar-refractivity contribution is 0.264. The molecular weight excluding hydrogens is 540 g/mol. The maximum absolute atomic E-state index is 2.35. The van der Waals surface area contributed by atoms with Crippen molar-refractivity contribution >= 4 is 0 Å². The molecule has 0 bridgehead atoms. The van der Waals surface area contributed by atoms with Crippen molar-refractivity contribution in [3.05, 3.63) is 0 Å². The van der Waals surface area contributed by atoms with Crippen molar-refractivity contribution in [1.29, 1.82) is 0 Å². The molecule has 0 amide bonds. The van der Waals surface area contributed by atoms with Gasteiger partial charge in [-0.3, -0.25) is 0 Å². The van der Waals surface area contributed by atoms with Gasteiger partial charge in [0.05, 0.1) is 0 Å². The summed E-state index contributed by atoms with van der Waals surface area (Å²) >= 11 is 0. The fraction of sp³-hybridized carbons (Fsp3) is 1.00. The molecule has 0 atom stereocenters. The summed E-state index contributed by atoms with van der Waals surface area (Å²) in [5, 5.41) is 0. The van der Waals surface area contributed by atoms with Crippen molar-refractivity contribution in [3.63, 3.8) is 0 Å². The summed E-state index contributed by atoms with van der Waals surface area (Å²) in [7, 11) is 0. The molecule has 45 heavy (non-hydrogen) atoms. The van der Waals surface area contributed by atoms with Gasteiger partial charge in [-0.1, -0.05) is 198 Å². The summed E-state index contributed by atoms with van der Waals surface area (Å²) in [4.78, 5) is 0.